The van der Waals surface area contributed by atoms with E-state index in [1.54, 1.807) is 20.8 Å². The van der Waals surface area contributed by atoms with Gasteiger partial charge in [-0.1, -0.05) is 58.0 Å². The van der Waals surface area contributed by atoms with Gasteiger partial charge in [-0.15, -0.1) is 0 Å². The number of rotatable bonds is 14. The zero-order valence-electron chi connectivity index (χ0n) is 25.0. The zero-order valence-corrected chi connectivity index (χ0v) is 25.0. The van der Waals surface area contributed by atoms with E-state index in [2.05, 4.69) is 21.3 Å². The van der Waals surface area contributed by atoms with Crippen molar-refractivity contribution < 1.29 is 33.4 Å². The molecule has 0 saturated carbocycles. The van der Waals surface area contributed by atoms with Gasteiger partial charge < -0.3 is 30.7 Å². The third-order valence-electron chi connectivity index (χ3n) is 5.43. The number of hydrogen-bond acceptors (Lipinski definition) is 7. The highest BCUT2D eigenvalue weighted by Gasteiger charge is 2.28. The first-order valence-electron chi connectivity index (χ1n) is 13.6. The fourth-order valence-corrected chi connectivity index (χ4v) is 3.62. The van der Waals surface area contributed by atoms with Crippen LogP contribution in [0, 0.1) is 11.8 Å². The maximum Gasteiger partial charge on any atom is 0.408 e. The molecule has 0 radical (unpaired) electrons. The number of benzene rings is 1. The van der Waals surface area contributed by atoms with Gasteiger partial charge in [-0.3, -0.25) is 14.4 Å². The highest BCUT2D eigenvalue weighted by molar-refractivity contribution is 5.93. The van der Waals surface area contributed by atoms with Gasteiger partial charge in [0.15, 0.2) is 0 Å². The molecule has 0 aromatic heterocycles. The summed E-state index contributed by atoms with van der Waals surface area (Å²) >= 11 is 0. The summed E-state index contributed by atoms with van der Waals surface area (Å²) in [6, 6.07) is 6.40. The van der Waals surface area contributed by atoms with Crippen LogP contribution in [0.1, 0.15) is 73.8 Å². The van der Waals surface area contributed by atoms with Crippen LogP contribution in [0.3, 0.4) is 0 Å². The van der Waals surface area contributed by atoms with Crippen LogP contribution in [0.25, 0.3) is 0 Å². The van der Waals surface area contributed by atoms with Gasteiger partial charge in [-0.2, -0.15) is 0 Å². The predicted octanol–water partition coefficient (Wildman–Crippen LogP) is 2.82. The van der Waals surface area contributed by atoms with Gasteiger partial charge in [0.1, 0.15) is 30.3 Å². The van der Waals surface area contributed by atoms with Gasteiger partial charge in [0.25, 0.3) is 0 Å². The molecule has 0 aliphatic heterocycles. The third kappa shape index (κ3) is 14.5. The SMILES string of the molecule is CC(C)C[C@H](NC(=O)CNC(=O)[C@H](CC(C)C)NC(=O)OC(C)(C)C)C(=O)N[C@@H](C)C(=O)OCc1ccccc1. The van der Waals surface area contributed by atoms with Gasteiger partial charge in [-0.05, 0) is 57.9 Å². The van der Waals surface area contributed by atoms with E-state index in [4.69, 9.17) is 9.47 Å². The van der Waals surface area contributed by atoms with Crippen molar-refractivity contribution >= 4 is 29.8 Å². The molecule has 0 aliphatic rings. The molecule has 0 bridgehead atoms. The minimum atomic E-state index is -0.932. The Hall–Kier alpha value is -3.63. The Morgan fingerprint density at radius 1 is 0.775 bits per heavy atom. The fraction of sp³-hybridized carbons (Fsp3) is 0.621. The molecule has 0 fully saturated rings. The molecule has 11 heteroatoms. The third-order valence-corrected chi connectivity index (χ3v) is 5.43. The molecule has 11 nitrogen and oxygen atoms in total. The standard InChI is InChI=1S/C29H46N4O7/c1-18(2)14-22(33-28(38)40-29(6,7)8)25(35)30-16-24(34)32-23(15-19(3)4)26(36)31-20(5)27(37)39-17-21-12-10-9-11-13-21/h9-13,18-20,22-23H,14-17H2,1-8H3,(H,30,35)(H,31,36)(H,32,34)(H,33,38)/t20-,22-,23-/m0/s1. The van der Waals surface area contributed by atoms with Crippen molar-refractivity contribution in [3.8, 4) is 0 Å². The topological polar surface area (TPSA) is 152 Å². The van der Waals surface area contributed by atoms with Crippen molar-refractivity contribution in [3.63, 3.8) is 0 Å². The minimum absolute atomic E-state index is 0.0550. The van der Waals surface area contributed by atoms with Gasteiger partial charge in [0.05, 0.1) is 6.54 Å². The monoisotopic (exact) mass is 562 g/mol. The van der Waals surface area contributed by atoms with Crippen LogP contribution in [0.5, 0.6) is 0 Å². The predicted molar refractivity (Wildman–Crippen MR) is 151 cm³/mol. The van der Waals surface area contributed by atoms with E-state index in [-0.39, 0.29) is 18.4 Å². The first kappa shape index (κ1) is 34.4. The molecular formula is C29H46N4O7. The quantitative estimate of drug-likeness (QED) is 0.255. The number of nitrogens with one attached hydrogen (secondary N) is 4. The summed E-state index contributed by atoms with van der Waals surface area (Å²) in [7, 11) is 0. The Balaban J connectivity index is 2.70. The van der Waals surface area contributed by atoms with E-state index in [1.165, 1.54) is 6.92 Å². The van der Waals surface area contributed by atoms with Crippen molar-refractivity contribution in [1.29, 1.82) is 0 Å². The summed E-state index contributed by atoms with van der Waals surface area (Å²) in [5, 5.41) is 10.3. The zero-order chi connectivity index (χ0) is 30.5. The van der Waals surface area contributed by atoms with E-state index in [0.717, 1.165) is 5.56 Å². The Labute approximate surface area is 237 Å². The van der Waals surface area contributed by atoms with Crippen LogP contribution < -0.4 is 21.3 Å². The van der Waals surface area contributed by atoms with Crippen molar-refractivity contribution in [2.24, 2.45) is 11.8 Å². The van der Waals surface area contributed by atoms with E-state index in [9.17, 15) is 24.0 Å². The van der Waals surface area contributed by atoms with Crippen molar-refractivity contribution in [3.05, 3.63) is 35.9 Å². The summed E-state index contributed by atoms with van der Waals surface area (Å²) in [5.41, 5.74) is 0.0867. The molecule has 4 amide bonds. The second-order valence-corrected chi connectivity index (χ2v) is 11.6. The summed E-state index contributed by atoms with van der Waals surface area (Å²) in [6.07, 6.45) is -0.0839. The number of carbonyl (C=O) groups excluding carboxylic acids is 5. The van der Waals surface area contributed by atoms with Crippen molar-refractivity contribution in [1.82, 2.24) is 21.3 Å². The number of ether oxygens (including phenoxy) is 2. The number of hydrogen-bond donors (Lipinski definition) is 4. The molecule has 4 N–H and O–H groups in total. The summed E-state index contributed by atoms with van der Waals surface area (Å²) in [5.74, 6) is -2.14. The Morgan fingerprint density at radius 2 is 1.32 bits per heavy atom. The lowest BCUT2D eigenvalue weighted by atomic mass is 10.0. The molecule has 0 heterocycles. The van der Waals surface area contributed by atoms with Gasteiger partial charge >= 0.3 is 12.1 Å². The normalized spacial score (nSPS) is 13.6. The lowest BCUT2D eigenvalue weighted by molar-refractivity contribution is -0.148. The molecule has 1 rings (SSSR count). The van der Waals surface area contributed by atoms with Crippen molar-refractivity contribution in [2.45, 2.75) is 98.6 Å². The Bertz CT molecular complexity index is 990. The summed E-state index contributed by atoms with van der Waals surface area (Å²) in [4.78, 5) is 62.9. The van der Waals surface area contributed by atoms with Crippen LogP contribution in [0.15, 0.2) is 30.3 Å². The van der Waals surface area contributed by atoms with Crippen LogP contribution in [0.4, 0.5) is 4.79 Å². The van der Waals surface area contributed by atoms with Crippen LogP contribution in [-0.2, 0) is 35.3 Å². The largest absolute Gasteiger partial charge is 0.459 e. The van der Waals surface area contributed by atoms with Crippen LogP contribution in [-0.4, -0.2) is 60.1 Å². The molecule has 224 valence electrons. The second-order valence-electron chi connectivity index (χ2n) is 11.6. The molecule has 3 atom stereocenters. The maximum absolute atomic E-state index is 12.9. The number of amides is 4. The summed E-state index contributed by atoms with van der Waals surface area (Å²) < 4.78 is 10.5. The smallest absolute Gasteiger partial charge is 0.408 e. The molecule has 0 aliphatic carbocycles. The molecule has 40 heavy (non-hydrogen) atoms. The van der Waals surface area contributed by atoms with Gasteiger partial charge in [-0.25, -0.2) is 9.59 Å². The maximum atomic E-state index is 12.9. The second kappa shape index (κ2) is 16.5. The number of esters is 1. The highest BCUT2D eigenvalue weighted by Crippen LogP contribution is 2.10. The molecule has 0 spiro atoms. The highest BCUT2D eigenvalue weighted by atomic mass is 16.6. The number of carbonyl (C=O) groups is 5. The first-order chi connectivity index (χ1) is 18.6. The molecule has 0 saturated heterocycles. The summed E-state index contributed by atoms with van der Waals surface area (Å²) in [6.45, 7) is 13.9. The van der Waals surface area contributed by atoms with Crippen molar-refractivity contribution in [2.75, 3.05) is 6.54 Å². The molecule has 0 unspecified atom stereocenters. The molecular weight excluding hydrogens is 516 g/mol. The fourth-order valence-electron chi connectivity index (χ4n) is 3.62. The van der Waals surface area contributed by atoms with Crippen LogP contribution >= 0.6 is 0 Å². The average molecular weight is 563 g/mol. The molecule has 1 aromatic rings. The van der Waals surface area contributed by atoms with Gasteiger partial charge in [0.2, 0.25) is 17.7 Å². The minimum Gasteiger partial charge on any atom is -0.459 e. The molecule has 1 aromatic carbocycles. The van der Waals surface area contributed by atoms with E-state index < -0.39 is 60.1 Å². The van der Waals surface area contributed by atoms with E-state index in [0.29, 0.717) is 12.8 Å². The van der Waals surface area contributed by atoms with E-state index in [1.807, 2.05) is 58.0 Å². The first-order valence-corrected chi connectivity index (χ1v) is 13.6. The van der Waals surface area contributed by atoms with Gasteiger partial charge in [0, 0.05) is 0 Å². The Morgan fingerprint density at radius 3 is 1.85 bits per heavy atom. The van der Waals surface area contributed by atoms with E-state index >= 15 is 0 Å². The lowest BCUT2D eigenvalue weighted by Gasteiger charge is -2.24. The average Bonchev–Trinajstić information content (AvgIpc) is 2.83. The van der Waals surface area contributed by atoms with Crippen LogP contribution in [0.2, 0.25) is 0 Å². The number of alkyl carbamates (subject to hydrolysis) is 1. The Kier molecular flexibility index (Phi) is 14.2. The lowest BCUT2D eigenvalue weighted by Crippen LogP contribution is -2.54.